The fourth-order valence-electron chi connectivity index (χ4n) is 1.94. The summed E-state index contributed by atoms with van der Waals surface area (Å²) in [4.78, 5) is 24.7. The molecule has 7 nitrogen and oxygen atoms in total. The number of β-amino-alcohol motifs (C(OH)–C–C–N with tert-alkyl or cyclic N) is 2. The van der Waals surface area contributed by atoms with Crippen molar-refractivity contribution in [2.24, 2.45) is 0 Å². The molecule has 2 atom stereocenters. The van der Waals surface area contributed by atoms with E-state index in [1.807, 2.05) is 0 Å². The van der Waals surface area contributed by atoms with E-state index in [1.54, 1.807) is 0 Å². The van der Waals surface area contributed by atoms with Crippen LogP contribution in [0.1, 0.15) is 0 Å². The van der Waals surface area contributed by atoms with Gasteiger partial charge in [-0.1, -0.05) is 13.2 Å². The van der Waals surface area contributed by atoms with Crippen LogP contribution in [0.5, 0.6) is 0 Å². The number of hydrogen-bond acceptors (Lipinski definition) is 4. The second-order valence-corrected chi connectivity index (χ2v) is 4.60. The molecule has 2 aliphatic rings. The van der Waals surface area contributed by atoms with Crippen molar-refractivity contribution in [1.29, 1.82) is 0 Å². The van der Waals surface area contributed by atoms with E-state index in [1.165, 1.54) is 34.3 Å². The van der Waals surface area contributed by atoms with Gasteiger partial charge in [-0.3, -0.25) is 4.79 Å². The molecule has 0 spiro atoms. The second kappa shape index (κ2) is 5.40. The van der Waals surface area contributed by atoms with Crippen LogP contribution in [0.15, 0.2) is 49.0 Å². The van der Waals surface area contributed by atoms with Gasteiger partial charge in [-0.2, -0.15) is 0 Å². The third-order valence-electron chi connectivity index (χ3n) is 3.17. The number of rotatable bonds is 5. The molecule has 0 fully saturated rings. The maximum absolute atomic E-state index is 11.5. The lowest BCUT2D eigenvalue weighted by Gasteiger charge is -2.25. The smallest absolute Gasteiger partial charge is 0.259 e. The molecule has 0 radical (unpaired) electrons. The predicted octanol–water partition coefficient (Wildman–Crippen LogP) is -0.343. The molecule has 2 unspecified atom stereocenters. The minimum Gasteiger partial charge on any atom is -0.388 e. The summed E-state index contributed by atoms with van der Waals surface area (Å²) in [6, 6.07) is 0. The van der Waals surface area contributed by atoms with Crippen molar-refractivity contribution in [3.05, 3.63) is 53.9 Å². The summed E-state index contributed by atoms with van der Waals surface area (Å²) in [5.41, 5.74) is 0.883. The predicted molar refractivity (Wildman–Crippen MR) is 70.6 cm³/mol. The quantitative estimate of drug-likeness (QED) is 0.672. The first-order valence-electron chi connectivity index (χ1n) is 6.05. The van der Waals surface area contributed by atoms with Crippen LogP contribution in [0.4, 0.5) is 0 Å². The molecule has 20 heavy (non-hydrogen) atoms. The van der Waals surface area contributed by atoms with Crippen LogP contribution in [-0.4, -0.2) is 56.2 Å². The van der Waals surface area contributed by atoms with Gasteiger partial charge < -0.3 is 15.1 Å². The van der Waals surface area contributed by atoms with E-state index in [9.17, 15) is 19.9 Å². The number of hydrazine groups is 1. The zero-order valence-electron chi connectivity index (χ0n) is 10.8. The molecule has 2 aliphatic heterocycles. The van der Waals surface area contributed by atoms with Crippen molar-refractivity contribution >= 4 is 5.91 Å². The van der Waals surface area contributed by atoms with Gasteiger partial charge >= 0.3 is 0 Å². The normalized spacial score (nSPS) is 21.3. The van der Waals surface area contributed by atoms with Crippen molar-refractivity contribution < 1.29 is 19.9 Å². The molecular formula is C13H16N3O4+. The number of carbonyl (C=O) groups excluding carboxylic acids is 1. The van der Waals surface area contributed by atoms with E-state index in [4.69, 9.17) is 0 Å². The maximum Gasteiger partial charge on any atom is 0.259 e. The molecule has 0 aromatic heterocycles. The molecule has 0 aromatic rings. The molecular weight excluding hydrogens is 262 g/mol. The zero-order chi connectivity index (χ0) is 14.9. The number of nitrogens with zero attached hydrogens (tertiary/aromatic N) is 3. The highest BCUT2D eigenvalue weighted by atomic mass is 16.3. The third-order valence-corrected chi connectivity index (χ3v) is 3.17. The lowest BCUT2D eigenvalue weighted by Crippen LogP contribution is -2.45. The lowest BCUT2D eigenvalue weighted by atomic mass is 10.2. The van der Waals surface area contributed by atoms with Gasteiger partial charge in [-0.25, -0.2) is 0 Å². The first-order valence-corrected chi connectivity index (χ1v) is 6.05. The fraction of sp³-hybridized carbons (Fsp3) is 0.308. The summed E-state index contributed by atoms with van der Waals surface area (Å²) in [5.74, 6) is -0.293. The Hall–Kier alpha value is -2.25. The van der Waals surface area contributed by atoms with Gasteiger partial charge in [0.15, 0.2) is 4.87 Å². The van der Waals surface area contributed by atoms with E-state index >= 15 is 0 Å². The molecule has 0 aliphatic carbocycles. The van der Waals surface area contributed by atoms with E-state index in [-0.39, 0.29) is 19.0 Å². The van der Waals surface area contributed by atoms with Crippen molar-refractivity contribution in [3.63, 3.8) is 0 Å². The lowest BCUT2D eigenvalue weighted by molar-refractivity contribution is -0.635. The van der Waals surface area contributed by atoms with Gasteiger partial charge in [-0.15, -0.1) is 5.01 Å². The summed E-state index contributed by atoms with van der Waals surface area (Å²) < 4.78 is 0. The highest BCUT2D eigenvalue weighted by Crippen LogP contribution is 2.17. The summed E-state index contributed by atoms with van der Waals surface area (Å²) in [5, 5.41) is 21.1. The molecule has 0 aromatic carbocycles. The Balaban J connectivity index is 1.91. The number of allylic oxidation sites excluding steroid dienone is 2. The summed E-state index contributed by atoms with van der Waals surface area (Å²) in [7, 11) is 0. The van der Waals surface area contributed by atoms with E-state index < -0.39 is 12.2 Å². The van der Waals surface area contributed by atoms with Crippen LogP contribution in [0, 0.1) is 4.91 Å². The molecule has 2 N–H and O–H groups in total. The number of nitroso groups, excluding NO2 is 1. The van der Waals surface area contributed by atoms with Gasteiger partial charge in [0.05, 0.1) is 17.6 Å². The maximum atomic E-state index is 11.5. The van der Waals surface area contributed by atoms with Crippen LogP contribution in [0.25, 0.3) is 0 Å². The number of carbonyl (C=O) groups is 1. The second-order valence-electron chi connectivity index (χ2n) is 4.60. The summed E-state index contributed by atoms with van der Waals surface area (Å²) in [6.45, 7) is 7.10. The van der Waals surface area contributed by atoms with Gasteiger partial charge in [0, 0.05) is 17.8 Å². The largest absolute Gasteiger partial charge is 0.388 e. The summed E-state index contributed by atoms with van der Waals surface area (Å²) in [6.07, 6.45) is 3.24. The molecule has 1 amide bonds. The Morgan fingerprint density at radius 2 is 1.75 bits per heavy atom. The average Bonchev–Trinajstić information content (AvgIpc) is 2.88. The van der Waals surface area contributed by atoms with Gasteiger partial charge in [0.2, 0.25) is 0 Å². The average molecular weight is 278 g/mol. The van der Waals surface area contributed by atoms with Crippen molar-refractivity contribution in [2.45, 2.75) is 12.2 Å². The molecule has 0 saturated heterocycles. The Kier molecular flexibility index (Phi) is 3.82. The minimum absolute atomic E-state index is 0.0849. The van der Waals surface area contributed by atoms with Crippen molar-refractivity contribution in [3.8, 4) is 0 Å². The van der Waals surface area contributed by atoms with Gasteiger partial charge in [0.1, 0.15) is 18.3 Å². The Labute approximate surface area is 115 Å². The van der Waals surface area contributed by atoms with E-state index in [2.05, 4.69) is 13.2 Å². The Morgan fingerprint density at radius 1 is 1.10 bits per heavy atom. The van der Waals surface area contributed by atoms with E-state index in [0.29, 0.717) is 16.3 Å². The first kappa shape index (κ1) is 14.2. The molecule has 0 saturated carbocycles. The van der Waals surface area contributed by atoms with Crippen LogP contribution >= 0.6 is 0 Å². The molecule has 2 heterocycles. The van der Waals surface area contributed by atoms with E-state index in [0.717, 1.165) is 0 Å². The Morgan fingerprint density at radius 3 is 2.25 bits per heavy atom. The highest BCUT2D eigenvalue weighted by Gasteiger charge is 2.33. The number of aliphatic hydroxyl groups is 2. The molecule has 2 rings (SSSR count). The van der Waals surface area contributed by atoms with Crippen molar-refractivity contribution in [1.82, 2.24) is 9.91 Å². The SMILES string of the molecule is C=C1C=CC(=O)N1CC(O)C(O)CN1C(=C)C=C[N+]1=O. The number of hydrogen-bond donors (Lipinski definition) is 2. The Bertz CT molecular complexity index is 454. The number of aliphatic hydroxyl groups excluding tert-OH is 2. The fourth-order valence-corrected chi connectivity index (χ4v) is 1.94. The van der Waals surface area contributed by atoms with Crippen molar-refractivity contribution in [2.75, 3.05) is 13.1 Å². The first-order chi connectivity index (χ1) is 9.40. The monoisotopic (exact) mass is 278 g/mol. The summed E-state index contributed by atoms with van der Waals surface area (Å²) >= 11 is 0. The number of amides is 1. The van der Waals surface area contributed by atoms with Crippen LogP contribution in [-0.2, 0) is 4.79 Å². The van der Waals surface area contributed by atoms with Crippen LogP contribution in [0.3, 0.4) is 0 Å². The standard InChI is InChI=1S/C13H16N3O4/c1-9-3-4-13(19)14(9)7-11(17)12(18)8-15-10(2)5-6-16(15)20/h3-6,11-12,17-18H,1-2,7-8H2/q+1. The molecule has 106 valence electrons. The topological polar surface area (TPSA) is 84.1 Å². The van der Waals surface area contributed by atoms with Gasteiger partial charge in [-0.05, 0) is 6.08 Å². The van der Waals surface area contributed by atoms with Gasteiger partial charge in [0.25, 0.3) is 12.1 Å². The minimum atomic E-state index is -1.20. The molecule has 7 heteroatoms. The highest BCUT2D eigenvalue weighted by molar-refractivity contribution is 5.93. The van der Waals surface area contributed by atoms with Crippen LogP contribution in [0.2, 0.25) is 0 Å². The third kappa shape index (κ3) is 2.68. The molecule has 0 bridgehead atoms. The zero-order valence-corrected chi connectivity index (χ0v) is 10.8. The van der Waals surface area contributed by atoms with Crippen LogP contribution < -0.4 is 0 Å².